The van der Waals surface area contributed by atoms with E-state index in [0.717, 1.165) is 42.7 Å². The number of anilines is 1. The molecule has 21 heavy (non-hydrogen) atoms. The molecule has 1 fully saturated rings. The smallest absolute Gasteiger partial charge is 0.241 e. The number of aliphatic hydroxyl groups excluding tert-OH is 1. The molecule has 2 rings (SSSR count). The molecule has 0 aromatic heterocycles. The Kier molecular flexibility index (Phi) is 5.37. The molecule has 1 amide bonds. The monoisotopic (exact) mass is 290 g/mol. The highest BCUT2D eigenvalue weighted by Crippen LogP contribution is 2.19. The normalized spacial score (nSPS) is 18.5. The van der Waals surface area contributed by atoms with Crippen LogP contribution in [0.25, 0.3) is 0 Å². The molecule has 1 aromatic rings. The Morgan fingerprint density at radius 2 is 1.86 bits per heavy atom. The van der Waals surface area contributed by atoms with Crippen molar-refractivity contribution < 1.29 is 9.90 Å². The van der Waals surface area contributed by atoms with Crippen LogP contribution in [0, 0.1) is 19.8 Å². The van der Waals surface area contributed by atoms with E-state index in [4.69, 9.17) is 0 Å². The van der Waals surface area contributed by atoms with Crippen molar-refractivity contribution in [3.63, 3.8) is 0 Å². The summed E-state index contributed by atoms with van der Waals surface area (Å²) in [5.41, 5.74) is 3.18. The summed E-state index contributed by atoms with van der Waals surface area (Å²) in [6.07, 6.45) is 1.94. The molecule has 1 aromatic carbocycles. The van der Waals surface area contributed by atoms with Gasteiger partial charge >= 0.3 is 0 Å². The van der Waals surface area contributed by atoms with Gasteiger partial charge in [0.2, 0.25) is 5.91 Å². The number of nitrogens with zero attached hydrogens (tertiary/aromatic N) is 1. The lowest BCUT2D eigenvalue weighted by Crippen LogP contribution is -2.46. The molecule has 116 valence electrons. The third-order valence-corrected chi connectivity index (χ3v) is 4.32. The van der Waals surface area contributed by atoms with Gasteiger partial charge < -0.3 is 10.4 Å². The number of piperidine rings is 1. The van der Waals surface area contributed by atoms with Gasteiger partial charge in [-0.05, 0) is 75.9 Å². The fourth-order valence-electron chi connectivity index (χ4n) is 2.98. The van der Waals surface area contributed by atoms with Gasteiger partial charge in [-0.1, -0.05) is 6.07 Å². The minimum atomic E-state index is -0.134. The zero-order valence-electron chi connectivity index (χ0n) is 13.2. The summed E-state index contributed by atoms with van der Waals surface area (Å²) < 4.78 is 0. The summed E-state index contributed by atoms with van der Waals surface area (Å²) in [6.45, 7) is 8.05. The molecule has 4 heteroatoms. The van der Waals surface area contributed by atoms with Gasteiger partial charge in [0.1, 0.15) is 0 Å². The quantitative estimate of drug-likeness (QED) is 0.895. The zero-order chi connectivity index (χ0) is 15.4. The van der Waals surface area contributed by atoms with E-state index in [1.807, 2.05) is 32.9 Å². The maximum Gasteiger partial charge on any atom is 0.241 e. The topological polar surface area (TPSA) is 52.6 Å². The second-order valence-corrected chi connectivity index (χ2v) is 6.20. The Morgan fingerprint density at radius 3 is 2.38 bits per heavy atom. The van der Waals surface area contributed by atoms with E-state index in [0.29, 0.717) is 5.92 Å². The highest BCUT2D eigenvalue weighted by Gasteiger charge is 2.26. The first-order valence-corrected chi connectivity index (χ1v) is 7.73. The fourth-order valence-corrected chi connectivity index (χ4v) is 2.98. The maximum atomic E-state index is 12.4. The van der Waals surface area contributed by atoms with Crippen LogP contribution < -0.4 is 5.32 Å². The first-order valence-electron chi connectivity index (χ1n) is 7.73. The molecule has 1 saturated heterocycles. The Bertz CT molecular complexity index is 473. The van der Waals surface area contributed by atoms with Crippen LogP contribution in [0.4, 0.5) is 5.69 Å². The fraction of sp³-hybridized carbons (Fsp3) is 0.588. The largest absolute Gasteiger partial charge is 0.396 e. The molecule has 0 bridgehead atoms. The van der Waals surface area contributed by atoms with Crippen molar-refractivity contribution in [2.45, 2.75) is 39.7 Å². The number of likely N-dealkylation sites (tertiary alicyclic amines) is 1. The van der Waals surface area contributed by atoms with Crippen LogP contribution in [0.15, 0.2) is 18.2 Å². The zero-order valence-corrected chi connectivity index (χ0v) is 13.2. The van der Waals surface area contributed by atoms with Crippen LogP contribution in [0.1, 0.15) is 30.9 Å². The van der Waals surface area contributed by atoms with Crippen molar-refractivity contribution >= 4 is 11.6 Å². The summed E-state index contributed by atoms with van der Waals surface area (Å²) in [4.78, 5) is 14.6. The lowest BCUT2D eigenvalue weighted by Gasteiger charge is -2.34. The number of aryl methyl sites for hydroxylation is 2. The molecule has 1 atom stereocenters. The number of aliphatic hydroxyl groups is 1. The molecule has 1 aliphatic heterocycles. The third kappa shape index (κ3) is 4.29. The molecule has 0 saturated carbocycles. The molecule has 1 heterocycles. The minimum absolute atomic E-state index is 0.0439. The SMILES string of the molecule is Cc1cc(C)cc(NC(=O)C(C)N2CCC(CO)CC2)c1. The van der Waals surface area contributed by atoms with Crippen molar-refractivity contribution in [2.24, 2.45) is 5.92 Å². The van der Waals surface area contributed by atoms with Gasteiger partial charge in [-0.3, -0.25) is 9.69 Å². The molecule has 0 radical (unpaired) electrons. The van der Waals surface area contributed by atoms with Gasteiger partial charge in [0.15, 0.2) is 0 Å². The molecule has 4 nitrogen and oxygen atoms in total. The number of carbonyl (C=O) groups is 1. The van der Waals surface area contributed by atoms with Gasteiger partial charge in [-0.25, -0.2) is 0 Å². The second-order valence-electron chi connectivity index (χ2n) is 6.20. The summed E-state index contributed by atoms with van der Waals surface area (Å²) in [7, 11) is 0. The molecular weight excluding hydrogens is 264 g/mol. The maximum absolute atomic E-state index is 12.4. The van der Waals surface area contributed by atoms with Crippen LogP contribution in [-0.4, -0.2) is 41.7 Å². The molecule has 2 N–H and O–H groups in total. The Labute approximate surface area is 127 Å². The number of nitrogens with one attached hydrogen (secondary N) is 1. The molecular formula is C17H26N2O2. The predicted molar refractivity (Wildman–Crippen MR) is 85.4 cm³/mol. The predicted octanol–water partition coefficient (Wildman–Crippen LogP) is 2.33. The van der Waals surface area contributed by atoms with E-state index >= 15 is 0 Å². The number of amides is 1. The summed E-state index contributed by atoms with van der Waals surface area (Å²) >= 11 is 0. The number of rotatable bonds is 4. The van der Waals surface area contributed by atoms with Crippen LogP contribution >= 0.6 is 0 Å². The Morgan fingerprint density at radius 1 is 1.29 bits per heavy atom. The lowest BCUT2D eigenvalue weighted by atomic mass is 9.97. The summed E-state index contributed by atoms with van der Waals surface area (Å²) in [5, 5.41) is 12.2. The van der Waals surface area contributed by atoms with E-state index < -0.39 is 0 Å². The van der Waals surface area contributed by atoms with Crippen molar-refractivity contribution in [1.82, 2.24) is 4.90 Å². The third-order valence-electron chi connectivity index (χ3n) is 4.32. The average Bonchev–Trinajstić information content (AvgIpc) is 2.45. The highest BCUT2D eigenvalue weighted by atomic mass is 16.3. The van der Waals surface area contributed by atoms with Gasteiger partial charge in [-0.15, -0.1) is 0 Å². The van der Waals surface area contributed by atoms with Crippen LogP contribution in [0.2, 0.25) is 0 Å². The van der Waals surface area contributed by atoms with E-state index in [9.17, 15) is 9.90 Å². The van der Waals surface area contributed by atoms with E-state index in [1.54, 1.807) is 0 Å². The van der Waals surface area contributed by atoms with Crippen molar-refractivity contribution in [1.29, 1.82) is 0 Å². The summed E-state index contributed by atoms with van der Waals surface area (Å²) in [5.74, 6) is 0.443. The molecule has 1 unspecified atom stereocenters. The average molecular weight is 290 g/mol. The number of carbonyl (C=O) groups excluding carboxylic acids is 1. The summed E-state index contributed by atoms with van der Waals surface area (Å²) in [6, 6.07) is 5.95. The number of hydrogen-bond donors (Lipinski definition) is 2. The van der Waals surface area contributed by atoms with E-state index in [-0.39, 0.29) is 18.6 Å². The second kappa shape index (κ2) is 7.05. The lowest BCUT2D eigenvalue weighted by molar-refractivity contribution is -0.121. The first kappa shape index (κ1) is 16.0. The number of hydrogen-bond acceptors (Lipinski definition) is 3. The van der Waals surface area contributed by atoms with Crippen molar-refractivity contribution in [3.8, 4) is 0 Å². The van der Waals surface area contributed by atoms with Crippen LogP contribution in [-0.2, 0) is 4.79 Å². The van der Waals surface area contributed by atoms with Gasteiger partial charge in [0.25, 0.3) is 0 Å². The van der Waals surface area contributed by atoms with Gasteiger partial charge in [0.05, 0.1) is 6.04 Å². The van der Waals surface area contributed by atoms with Crippen molar-refractivity contribution in [2.75, 3.05) is 25.0 Å². The minimum Gasteiger partial charge on any atom is -0.396 e. The van der Waals surface area contributed by atoms with E-state index in [1.165, 1.54) is 0 Å². The van der Waals surface area contributed by atoms with Crippen LogP contribution in [0.5, 0.6) is 0 Å². The first-order chi connectivity index (χ1) is 9.99. The molecule has 0 spiro atoms. The molecule has 1 aliphatic rings. The van der Waals surface area contributed by atoms with Gasteiger partial charge in [-0.2, -0.15) is 0 Å². The number of benzene rings is 1. The highest BCUT2D eigenvalue weighted by molar-refractivity contribution is 5.94. The molecule has 0 aliphatic carbocycles. The standard InChI is InChI=1S/C17H26N2O2/c1-12-8-13(2)10-16(9-12)18-17(21)14(3)19-6-4-15(11-20)5-7-19/h8-10,14-15,20H,4-7,11H2,1-3H3,(H,18,21). The Hall–Kier alpha value is -1.39. The van der Waals surface area contributed by atoms with Crippen molar-refractivity contribution in [3.05, 3.63) is 29.3 Å². The van der Waals surface area contributed by atoms with Crippen LogP contribution in [0.3, 0.4) is 0 Å². The Balaban J connectivity index is 1.93. The van der Waals surface area contributed by atoms with E-state index in [2.05, 4.69) is 16.3 Å². The van der Waals surface area contributed by atoms with Gasteiger partial charge in [0, 0.05) is 12.3 Å².